The molecule has 2 aromatic carbocycles. The molecular weight excluding hydrogens is 355 g/mol. The molecule has 0 radical (unpaired) electrons. The lowest BCUT2D eigenvalue weighted by Crippen LogP contribution is -2.34. The maximum atomic E-state index is 13.5. The molecule has 0 nitrogen and oxygen atoms in total. The second-order valence-electron chi connectivity index (χ2n) is 10.5. The maximum absolute atomic E-state index is 13.5. The van der Waals surface area contributed by atoms with Gasteiger partial charge in [0, 0.05) is 0 Å². The first-order valence-corrected chi connectivity index (χ1v) is 12.4. The van der Waals surface area contributed by atoms with Gasteiger partial charge >= 0.3 is 0 Å². The van der Waals surface area contributed by atoms with E-state index in [0.29, 0.717) is 5.92 Å². The molecule has 0 N–H and O–H groups in total. The average molecular weight is 393 g/mol. The number of benzene rings is 2. The summed E-state index contributed by atoms with van der Waals surface area (Å²) in [6, 6.07) is 11.9. The molecule has 2 aromatic rings. The Kier molecular flexibility index (Phi) is 5.67. The lowest BCUT2D eigenvalue weighted by Gasteiger charge is -2.45. The zero-order chi connectivity index (χ0) is 19.8. The minimum absolute atomic E-state index is 0.134. The van der Waals surface area contributed by atoms with E-state index in [9.17, 15) is 4.39 Å². The number of hydrogen-bond donors (Lipinski definition) is 0. The first-order valence-electron chi connectivity index (χ1n) is 12.4. The molecule has 3 aliphatic rings. The van der Waals surface area contributed by atoms with Gasteiger partial charge in [0.1, 0.15) is 5.82 Å². The van der Waals surface area contributed by atoms with Gasteiger partial charge in [-0.1, -0.05) is 50.5 Å². The van der Waals surface area contributed by atoms with Crippen LogP contribution in [0, 0.1) is 35.4 Å². The van der Waals surface area contributed by atoms with Gasteiger partial charge in [-0.05, 0) is 115 Å². The van der Waals surface area contributed by atoms with Gasteiger partial charge in [0.15, 0.2) is 0 Å². The Morgan fingerprint density at radius 1 is 0.690 bits per heavy atom. The smallest absolute Gasteiger partial charge is 0.123 e. The summed E-state index contributed by atoms with van der Waals surface area (Å²) in [6.07, 6.45) is 16.1. The highest BCUT2D eigenvalue weighted by Crippen LogP contribution is 2.51. The molecule has 0 aromatic heterocycles. The molecule has 4 unspecified atom stereocenters. The van der Waals surface area contributed by atoms with Crippen molar-refractivity contribution in [2.75, 3.05) is 0 Å². The maximum Gasteiger partial charge on any atom is 0.123 e. The number of rotatable bonds is 3. The van der Waals surface area contributed by atoms with Crippen molar-refractivity contribution in [3.63, 3.8) is 0 Å². The lowest BCUT2D eigenvalue weighted by molar-refractivity contribution is 0.0716. The summed E-state index contributed by atoms with van der Waals surface area (Å²) < 4.78 is 13.5. The highest BCUT2D eigenvalue weighted by Gasteiger charge is 2.38. The molecule has 3 fully saturated rings. The van der Waals surface area contributed by atoms with E-state index in [1.165, 1.54) is 81.6 Å². The molecule has 0 amide bonds. The van der Waals surface area contributed by atoms with Gasteiger partial charge in [-0.3, -0.25) is 0 Å². The molecule has 0 aliphatic heterocycles. The van der Waals surface area contributed by atoms with Crippen LogP contribution in [-0.4, -0.2) is 0 Å². The van der Waals surface area contributed by atoms with Gasteiger partial charge < -0.3 is 0 Å². The van der Waals surface area contributed by atoms with Gasteiger partial charge in [0.05, 0.1) is 0 Å². The lowest BCUT2D eigenvalue weighted by atomic mass is 9.60. The Hall–Kier alpha value is -1.37. The fourth-order valence-corrected chi connectivity index (χ4v) is 7.21. The molecule has 4 atom stereocenters. The summed E-state index contributed by atoms with van der Waals surface area (Å²) >= 11 is 0. The Morgan fingerprint density at radius 2 is 1.31 bits per heavy atom. The molecule has 29 heavy (non-hydrogen) atoms. The van der Waals surface area contributed by atoms with Crippen LogP contribution in [0.5, 0.6) is 0 Å². The van der Waals surface area contributed by atoms with Crippen LogP contribution in [0.1, 0.15) is 89.0 Å². The zero-order valence-electron chi connectivity index (χ0n) is 18.1. The molecule has 0 heterocycles. The van der Waals surface area contributed by atoms with Crippen molar-refractivity contribution in [3.8, 4) is 0 Å². The summed E-state index contributed by atoms with van der Waals surface area (Å²) in [6.45, 7) is 2.38. The topological polar surface area (TPSA) is 0 Å². The monoisotopic (exact) mass is 392 g/mol. The van der Waals surface area contributed by atoms with Crippen molar-refractivity contribution in [2.24, 2.45) is 29.6 Å². The summed E-state index contributed by atoms with van der Waals surface area (Å²) in [5, 5.41) is 2.22. The Morgan fingerprint density at radius 3 is 2.10 bits per heavy atom. The van der Waals surface area contributed by atoms with Crippen molar-refractivity contribution < 1.29 is 4.39 Å². The van der Waals surface area contributed by atoms with E-state index in [-0.39, 0.29) is 5.82 Å². The Bertz CT molecular complexity index is 831. The second kappa shape index (κ2) is 8.40. The van der Waals surface area contributed by atoms with Crippen LogP contribution < -0.4 is 0 Å². The van der Waals surface area contributed by atoms with Gasteiger partial charge in [0.2, 0.25) is 0 Å². The summed E-state index contributed by atoms with van der Waals surface area (Å²) in [5.74, 6) is 5.60. The second-order valence-corrected chi connectivity index (χ2v) is 10.5. The third-order valence-electron chi connectivity index (χ3n) is 9.09. The van der Waals surface area contributed by atoms with Gasteiger partial charge in [-0.25, -0.2) is 4.39 Å². The average Bonchev–Trinajstić information content (AvgIpc) is 2.78. The van der Waals surface area contributed by atoms with E-state index < -0.39 is 0 Å². The van der Waals surface area contributed by atoms with Crippen LogP contribution >= 0.6 is 0 Å². The first-order chi connectivity index (χ1) is 14.2. The van der Waals surface area contributed by atoms with Gasteiger partial charge in [-0.2, -0.15) is 0 Å². The van der Waals surface area contributed by atoms with Crippen molar-refractivity contribution in [3.05, 3.63) is 47.8 Å². The number of fused-ring (bicyclic) bond motifs is 2. The molecule has 1 heteroatoms. The Labute approximate surface area is 176 Å². The van der Waals surface area contributed by atoms with E-state index in [1.54, 1.807) is 12.1 Å². The molecular formula is C28H37F. The van der Waals surface area contributed by atoms with Crippen molar-refractivity contribution >= 4 is 10.8 Å². The minimum Gasteiger partial charge on any atom is -0.207 e. The summed E-state index contributed by atoms with van der Waals surface area (Å²) in [4.78, 5) is 0. The van der Waals surface area contributed by atoms with Crippen molar-refractivity contribution in [1.82, 2.24) is 0 Å². The number of hydrogen-bond acceptors (Lipinski definition) is 0. The highest BCUT2D eigenvalue weighted by atomic mass is 19.1. The first kappa shape index (κ1) is 19.6. The minimum atomic E-state index is -0.134. The summed E-state index contributed by atoms with van der Waals surface area (Å²) in [7, 11) is 0. The van der Waals surface area contributed by atoms with E-state index in [1.807, 2.05) is 6.07 Å². The predicted octanol–water partition coefficient (Wildman–Crippen LogP) is 8.50. The van der Waals surface area contributed by atoms with Crippen LogP contribution in [0.4, 0.5) is 4.39 Å². The molecule has 0 saturated heterocycles. The predicted molar refractivity (Wildman–Crippen MR) is 121 cm³/mol. The quantitative estimate of drug-likeness (QED) is 0.491. The van der Waals surface area contributed by atoms with E-state index >= 15 is 0 Å². The van der Waals surface area contributed by atoms with E-state index in [0.717, 1.165) is 35.0 Å². The van der Waals surface area contributed by atoms with Crippen LogP contribution in [0.25, 0.3) is 10.8 Å². The largest absolute Gasteiger partial charge is 0.207 e. The van der Waals surface area contributed by atoms with Crippen LogP contribution in [0.2, 0.25) is 0 Å². The van der Waals surface area contributed by atoms with Crippen LogP contribution in [0.15, 0.2) is 36.4 Å². The van der Waals surface area contributed by atoms with Crippen molar-refractivity contribution in [2.45, 2.75) is 83.5 Å². The Balaban J connectivity index is 1.21. The summed E-state index contributed by atoms with van der Waals surface area (Å²) in [5.41, 5.74) is 1.49. The molecule has 156 valence electrons. The highest BCUT2D eigenvalue weighted by molar-refractivity contribution is 5.83. The molecule has 5 rings (SSSR count). The van der Waals surface area contributed by atoms with Crippen molar-refractivity contribution in [1.29, 1.82) is 0 Å². The standard InChI is InChI=1S/C28H37F/c1-2-19-3-5-20(6-4-19)21-7-8-23-16-24(10-9-22(23)15-21)25-11-12-27-18-28(29)14-13-26(27)17-25/h11-14,17-24H,2-10,15-16H2,1H3. The van der Waals surface area contributed by atoms with Crippen LogP contribution in [-0.2, 0) is 0 Å². The zero-order valence-corrected chi connectivity index (χ0v) is 18.1. The van der Waals surface area contributed by atoms with E-state index in [4.69, 9.17) is 0 Å². The SMILES string of the molecule is CCC1CCC(C2CCC3CC(c4ccc5cc(F)ccc5c4)CCC3C2)CC1. The van der Waals surface area contributed by atoms with Crippen LogP contribution in [0.3, 0.4) is 0 Å². The van der Waals surface area contributed by atoms with Gasteiger partial charge in [0.25, 0.3) is 0 Å². The third kappa shape index (κ3) is 4.12. The normalized spacial score (nSPS) is 35.4. The third-order valence-corrected chi connectivity index (χ3v) is 9.09. The fraction of sp³-hybridized carbons (Fsp3) is 0.643. The fourth-order valence-electron chi connectivity index (χ4n) is 7.21. The van der Waals surface area contributed by atoms with Gasteiger partial charge in [-0.15, -0.1) is 0 Å². The molecule has 3 saturated carbocycles. The molecule has 0 bridgehead atoms. The number of halogens is 1. The molecule has 0 spiro atoms. The molecule has 3 aliphatic carbocycles. The van der Waals surface area contributed by atoms with E-state index in [2.05, 4.69) is 25.1 Å².